The van der Waals surface area contributed by atoms with Crippen LogP contribution in [0.15, 0.2) is 15.9 Å². The zero-order valence-corrected chi connectivity index (χ0v) is 11.0. The summed E-state index contributed by atoms with van der Waals surface area (Å²) in [5.74, 6) is -0.878. The number of carboxylic acid groups (broad SMARTS) is 1. The van der Waals surface area contributed by atoms with Crippen molar-refractivity contribution < 1.29 is 14.6 Å². The lowest BCUT2D eigenvalue weighted by atomic mass is 10.2. The van der Waals surface area contributed by atoms with Gasteiger partial charge in [-0.3, -0.25) is 4.90 Å². The SMILES string of the molecule is O=C(O)C1CN(Cc2ccc(Br)s2)CCO1. The van der Waals surface area contributed by atoms with Crippen molar-refractivity contribution in [3.8, 4) is 0 Å². The fourth-order valence-corrected chi connectivity index (χ4v) is 3.18. The molecule has 0 amide bonds. The lowest BCUT2D eigenvalue weighted by Crippen LogP contribution is -2.45. The molecule has 0 aliphatic carbocycles. The molecule has 0 radical (unpaired) electrons. The number of ether oxygens (including phenoxy) is 1. The number of aliphatic carboxylic acids is 1. The van der Waals surface area contributed by atoms with Gasteiger partial charge in [-0.05, 0) is 28.1 Å². The van der Waals surface area contributed by atoms with Crippen LogP contribution in [0, 0.1) is 0 Å². The summed E-state index contributed by atoms with van der Waals surface area (Å²) in [5.41, 5.74) is 0. The first-order valence-corrected chi connectivity index (χ1v) is 6.57. The van der Waals surface area contributed by atoms with Crippen LogP contribution < -0.4 is 0 Å². The Kier molecular flexibility index (Phi) is 3.96. The maximum Gasteiger partial charge on any atom is 0.334 e. The van der Waals surface area contributed by atoms with E-state index >= 15 is 0 Å². The first-order valence-electron chi connectivity index (χ1n) is 4.96. The zero-order chi connectivity index (χ0) is 11.5. The summed E-state index contributed by atoms with van der Waals surface area (Å²) >= 11 is 5.09. The minimum atomic E-state index is -0.878. The predicted molar refractivity (Wildman–Crippen MR) is 64.7 cm³/mol. The van der Waals surface area contributed by atoms with Crippen LogP contribution in [0.4, 0.5) is 0 Å². The Bertz CT molecular complexity index is 382. The highest BCUT2D eigenvalue weighted by molar-refractivity contribution is 9.11. The van der Waals surface area contributed by atoms with Gasteiger partial charge in [-0.15, -0.1) is 11.3 Å². The van der Waals surface area contributed by atoms with Crippen molar-refractivity contribution in [2.75, 3.05) is 19.7 Å². The van der Waals surface area contributed by atoms with Gasteiger partial charge in [-0.25, -0.2) is 4.79 Å². The zero-order valence-electron chi connectivity index (χ0n) is 8.56. The number of carboxylic acids is 1. The van der Waals surface area contributed by atoms with Gasteiger partial charge in [0.2, 0.25) is 0 Å². The first-order chi connectivity index (χ1) is 7.65. The Morgan fingerprint density at radius 2 is 2.50 bits per heavy atom. The van der Waals surface area contributed by atoms with Gasteiger partial charge < -0.3 is 9.84 Å². The number of carbonyl (C=O) groups is 1. The average Bonchev–Trinajstić information content (AvgIpc) is 2.64. The van der Waals surface area contributed by atoms with Crippen molar-refractivity contribution in [3.63, 3.8) is 0 Å². The molecule has 6 heteroatoms. The summed E-state index contributed by atoms with van der Waals surface area (Å²) in [5, 5.41) is 8.87. The number of halogens is 1. The van der Waals surface area contributed by atoms with Gasteiger partial charge in [0.05, 0.1) is 10.4 Å². The van der Waals surface area contributed by atoms with E-state index < -0.39 is 12.1 Å². The summed E-state index contributed by atoms with van der Waals surface area (Å²) in [4.78, 5) is 14.1. The molecule has 0 saturated carbocycles. The number of rotatable bonds is 3. The van der Waals surface area contributed by atoms with Gasteiger partial charge in [0.15, 0.2) is 6.10 Å². The van der Waals surface area contributed by atoms with Crippen LogP contribution in [-0.2, 0) is 16.1 Å². The standard InChI is InChI=1S/C10H12BrNO3S/c11-9-2-1-7(16-9)5-12-3-4-15-8(6-12)10(13)14/h1-2,8H,3-6H2,(H,13,14). The smallest absolute Gasteiger partial charge is 0.334 e. The lowest BCUT2D eigenvalue weighted by molar-refractivity contribution is -0.156. The number of nitrogens with zero attached hydrogens (tertiary/aromatic N) is 1. The van der Waals surface area contributed by atoms with E-state index in [0.29, 0.717) is 13.2 Å². The molecule has 1 fully saturated rings. The minimum absolute atomic E-state index is 0.463. The molecule has 4 nitrogen and oxygen atoms in total. The van der Waals surface area contributed by atoms with Crippen molar-refractivity contribution in [2.45, 2.75) is 12.6 Å². The van der Waals surface area contributed by atoms with E-state index in [1.807, 2.05) is 6.07 Å². The third-order valence-corrected chi connectivity index (χ3v) is 4.04. The highest BCUT2D eigenvalue weighted by atomic mass is 79.9. The second-order valence-corrected chi connectivity index (χ2v) is 6.19. The van der Waals surface area contributed by atoms with E-state index in [0.717, 1.165) is 16.9 Å². The summed E-state index contributed by atoms with van der Waals surface area (Å²) in [6.45, 7) is 2.54. The Morgan fingerprint density at radius 3 is 3.12 bits per heavy atom. The number of thiophene rings is 1. The van der Waals surface area contributed by atoms with Crippen LogP contribution in [0.3, 0.4) is 0 Å². The molecule has 0 aromatic carbocycles. The molecule has 1 aliphatic heterocycles. The number of morpholine rings is 1. The Hall–Kier alpha value is -0.430. The Morgan fingerprint density at radius 1 is 1.69 bits per heavy atom. The lowest BCUT2D eigenvalue weighted by Gasteiger charge is -2.30. The highest BCUT2D eigenvalue weighted by Crippen LogP contribution is 2.23. The van der Waals surface area contributed by atoms with Crippen molar-refractivity contribution in [2.24, 2.45) is 0 Å². The summed E-state index contributed by atoms with van der Waals surface area (Å²) in [6, 6.07) is 4.06. The third-order valence-electron chi connectivity index (χ3n) is 2.43. The van der Waals surface area contributed by atoms with Crippen LogP contribution >= 0.6 is 27.3 Å². The molecular formula is C10H12BrNO3S. The van der Waals surface area contributed by atoms with E-state index in [-0.39, 0.29) is 0 Å². The van der Waals surface area contributed by atoms with Gasteiger partial charge in [0, 0.05) is 24.5 Å². The van der Waals surface area contributed by atoms with E-state index in [2.05, 4.69) is 26.9 Å². The fraction of sp³-hybridized carbons (Fsp3) is 0.500. The van der Waals surface area contributed by atoms with Crippen molar-refractivity contribution >= 4 is 33.2 Å². The van der Waals surface area contributed by atoms with Crippen LogP contribution in [0.1, 0.15) is 4.88 Å². The monoisotopic (exact) mass is 305 g/mol. The van der Waals surface area contributed by atoms with Crippen LogP contribution in [0.2, 0.25) is 0 Å². The molecule has 1 saturated heterocycles. The Balaban J connectivity index is 1.92. The fourth-order valence-electron chi connectivity index (χ4n) is 1.65. The third kappa shape index (κ3) is 3.04. The molecule has 0 bridgehead atoms. The molecule has 1 atom stereocenters. The van der Waals surface area contributed by atoms with Crippen molar-refractivity contribution in [1.29, 1.82) is 0 Å². The van der Waals surface area contributed by atoms with Gasteiger partial charge in [0.1, 0.15) is 0 Å². The van der Waals surface area contributed by atoms with E-state index in [4.69, 9.17) is 9.84 Å². The van der Waals surface area contributed by atoms with Crippen LogP contribution in [-0.4, -0.2) is 41.8 Å². The maximum atomic E-state index is 10.8. The minimum Gasteiger partial charge on any atom is -0.479 e. The van der Waals surface area contributed by atoms with E-state index in [1.54, 1.807) is 11.3 Å². The van der Waals surface area contributed by atoms with E-state index in [1.165, 1.54) is 4.88 Å². The second kappa shape index (κ2) is 5.27. The largest absolute Gasteiger partial charge is 0.479 e. The molecule has 1 aromatic rings. The average molecular weight is 306 g/mol. The van der Waals surface area contributed by atoms with Gasteiger partial charge in [0.25, 0.3) is 0 Å². The number of hydrogen-bond acceptors (Lipinski definition) is 4. The molecule has 1 N–H and O–H groups in total. The molecule has 2 rings (SSSR count). The van der Waals surface area contributed by atoms with Crippen LogP contribution in [0.5, 0.6) is 0 Å². The topological polar surface area (TPSA) is 49.8 Å². The summed E-state index contributed by atoms with van der Waals surface area (Å²) in [6.07, 6.45) is -0.683. The predicted octanol–water partition coefficient (Wildman–Crippen LogP) is 1.80. The molecular weight excluding hydrogens is 294 g/mol. The van der Waals surface area contributed by atoms with Crippen LogP contribution in [0.25, 0.3) is 0 Å². The van der Waals surface area contributed by atoms with Crippen molar-refractivity contribution in [1.82, 2.24) is 4.90 Å². The second-order valence-electron chi connectivity index (χ2n) is 3.64. The van der Waals surface area contributed by atoms with Gasteiger partial charge in [-0.2, -0.15) is 0 Å². The number of hydrogen-bond donors (Lipinski definition) is 1. The van der Waals surface area contributed by atoms with Gasteiger partial charge >= 0.3 is 5.97 Å². The normalized spacial score (nSPS) is 22.2. The molecule has 88 valence electrons. The van der Waals surface area contributed by atoms with Gasteiger partial charge in [-0.1, -0.05) is 0 Å². The van der Waals surface area contributed by atoms with Crippen molar-refractivity contribution in [3.05, 3.63) is 20.8 Å². The first kappa shape index (κ1) is 12.0. The highest BCUT2D eigenvalue weighted by Gasteiger charge is 2.26. The Labute approximate surface area is 106 Å². The molecule has 1 aliphatic rings. The molecule has 0 spiro atoms. The van der Waals surface area contributed by atoms with E-state index in [9.17, 15) is 4.79 Å². The summed E-state index contributed by atoms with van der Waals surface area (Å²) in [7, 11) is 0. The summed E-state index contributed by atoms with van der Waals surface area (Å²) < 4.78 is 6.27. The molecule has 2 heterocycles. The quantitative estimate of drug-likeness (QED) is 0.925. The molecule has 1 unspecified atom stereocenters. The maximum absolute atomic E-state index is 10.8. The molecule has 1 aromatic heterocycles. The molecule has 16 heavy (non-hydrogen) atoms.